The summed E-state index contributed by atoms with van der Waals surface area (Å²) in [5.41, 5.74) is 3.68. The van der Waals surface area contributed by atoms with E-state index in [1.807, 2.05) is 17.0 Å². The lowest BCUT2D eigenvalue weighted by atomic mass is 9.85. The second-order valence-corrected chi connectivity index (χ2v) is 9.57. The lowest BCUT2D eigenvalue weighted by molar-refractivity contribution is 0.0615. The minimum Gasteiger partial charge on any atom is -0.497 e. The fourth-order valence-corrected chi connectivity index (χ4v) is 4.67. The Kier molecular flexibility index (Phi) is 7.05. The molecule has 1 saturated heterocycles. The molecule has 1 amide bonds. The first kappa shape index (κ1) is 24.0. The highest BCUT2D eigenvalue weighted by Gasteiger charge is 2.28. The quantitative estimate of drug-likeness (QED) is 0.506. The topological polar surface area (TPSA) is 82.1 Å². The Morgan fingerprint density at radius 1 is 1.09 bits per heavy atom. The van der Waals surface area contributed by atoms with Crippen molar-refractivity contribution in [3.05, 3.63) is 70.8 Å². The molecule has 2 N–H and O–H groups in total. The summed E-state index contributed by atoms with van der Waals surface area (Å²) in [6, 6.07) is 12.9. The molecule has 0 radical (unpaired) electrons. The zero-order chi connectivity index (χ0) is 24.3. The molecule has 1 fully saturated rings. The van der Waals surface area contributed by atoms with Crippen molar-refractivity contribution in [3.8, 4) is 5.75 Å². The van der Waals surface area contributed by atoms with E-state index in [1.165, 1.54) is 0 Å². The number of rotatable bonds is 6. The summed E-state index contributed by atoms with van der Waals surface area (Å²) < 4.78 is 5.39. The Labute approximate surface area is 201 Å². The Morgan fingerprint density at radius 2 is 1.82 bits per heavy atom. The number of piperazine rings is 1. The van der Waals surface area contributed by atoms with Gasteiger partial charge >= 0.3 is 0 Å². The van der Waals surface area contributed by atoms with E-state index < -0.39 is 0 Å². The number of nitrogens with zero attached hydrogens (tertiary/aromatic N) is 2. The van der Waals surface area contributed by atoms with E-state index in [9.17, 15) is 9.59 Å². The molecule has 2 heterocycles. The first-order chi connectivity index (χ1) is 16.3. The van der Waals surface area contributed by atoms with E-state index >= 15 is 0 Å². The number of nitrogens with one attached hydrogen (secondary N) is 1. The first-order valence-electron chi connectivity index (χ1n) is 11.7. The van der Waals surface area contributed by atoms with Crippen molar-refractivity contribution in [2.45, 2.75) is 25.8 Å². The molecule has 2 aromatic carbocycles. The number of ketones is 1. The summed E-state index contributed by atoms with van der Waals surface area (Å²) >= 11 is 0. The fourth-order valence-electron chi connectivity index (χ4n) is 4.67. The average Bonchev–Trinajstić information content (AvgIpc) is 2.83. The van der Waals surface area contributed by atoms with Crippen molar-refractivity contribution in [2.24, 2.45) is 0 Å². The maximum absolute atomic E-state index is 13.3. The molecule has 2 aliphatic rings. The van der Waals surface area contributed by atoms with E-state index in [0.717, 1.165) is 42.1 Å². The van der Waals surface area contributed by atoms with Gasteiger partial charge in [0.25, 0.3) is 5.91 Å². The molecule has 2 aliphatic heterocycles. The molecule has 2 aromatic rings. The van der Waals surface area contributed by atoms with Crippen LogP contribution >= 0.6 is 0 Å². The molecular formula is C27H33N3O4. The van der Waals surface area contributed by atoms with Gasteiger partial charge in [-0.05, 0) is 50.1 Å². The number of aliphatic hydroxyl groups excluding tert-OH is 1. The summed E-state index contributed by atoms with van der Waals surface area (Å²) in [6.07, 6.45) is 2.46. The average molecular weight is 464 g/mol. The van der Waals surface area contributed by atoms with Gasteiger partial charge in [-0.2, -0.15) is 0 Å². The molecule has 7 nitrogen and oxygen atoms in total. The van der Waals surface area contributed by atoms with Crippen LogP contribution in [0, 0.1) is 0 Å². The standard InChI is InChI=1S/C27H33N3O4/c1-27(2)18-21-7-8-22(34-3)16-23(21)24(28-27)17-25(32)19-5-4-6-20(15-19)26(33)30-11-9-29(10-12-30)13-14-31/h4-8,15-17,28,31H,9-14,18H2,1-3H3/b24-17-. The molecule has 7 heteroatoms. The zero-order valence-electron chi connectivity index (χ0n) is 20.1. The third-order valence-corrected chi connectivity index (χ3v) is 6.46. The number of allylic oxidation sites excluding steroid dienone is 1. The van der Waals surface area contributed by atoms with Crippen molar-refractivity contribution in [1.29, 1.82) is 0 Å². The van der Waals surface area contributed by atoms with Crippen LogP contribution in [0.15, 0.2) is 48.5 Å². The summed E-state index contributed by atoms with van der Waals surface area (Å²) in [7, 11) is 1.63. The number of aliphatic hydroxyl groups is 1. The van der Waals surface area contributed by atoms with Gasteiger partial charge < -0.3 is 20.1 Å². The van der Waals surface area contributed by atoms with Crippen LogP contribution in [-0.4, -0.2) is 78.6 Å². The molecule has 0 aromatic heterocycles. The lowest BCUT2D eigenvalue weighted by Crippen LogP contribution is -2.49. The van der Waals surface area contributed by atoms with Gasteiger partial charge in [-0.1, -0.05) is 18.2 Å². The second kappa shape index (κ2) is 9.99. The van der Waals surface area contributed by atoms with Gasteiger partial charge in [0.05, 0.1) is 13.7 Å². The van der Waals surface area contributed by atoms with Crippen molar-refractivity contribution in [3.63, 3.8) is 0 Å². The van der Waals surface area contributed by atoms with Gasteiger partial charge in [-0.25, -0.2) is 0 Å². The van der Waals surface area contributed by atoms with E-state index in [-0.39, 0.29) is 23.8 Å². The number of ether oxygens (including phenoxy) is 1. The number of amides is 1. The van der Waals surface area contributed by atoms with Gasteiger partial charge in [0.1, 0.15) is 5.75 Å². The van der Waals surface area contributed by atoms with E-state index in [0.29, 0.717) is 30.8 Å². The Morgan fingerprint density at radius 3 is 2.53 bits per heavy atom. The highest BCUT2D eigenvalue weighted by atomic mass is 16.5. The molecule has 0 aliphatic carbocycles. The van der Waals surface area contributed by atoms with E-state index in [2.05, 4.69) is 30.1 Å². The number of hydrogen-bond donors (Lipinski definition) is 2. The normalized spacial score (nSPS) is 18.8. The van der Waals surface area contributed by atoms with Gasteiger partial charge in [-0.3, -0.25) is 14.5 Å². The fraction of sp³-hybridized carbons (Fsp3) is 0.407. The number of β-amino-alcohol motifs (C(OH)–C–C–N with tert-alkyl or cyclic N) is 1. The molecule has 4 rings (SSSR count). The number of hydrogen-bond acceptors (Lipinski definition) is 6. The van der Waals surface area contributed by atoms with Gasteiger partial charge in [0.2, 0.25) is 0 Å². The molecule has 0 saturated carbocycles. The van der Waals surface area contributed by atoms with Crippen LogP contribution < -0.4 is 10.1 Å². The molecule has 0 spiro atoms. The summed E-state index contributed by atoms with van der Waals surface area (Å²) in [5, 5.41) is 12.6. The Hall–Kier alpha value is -3.16. The highest BCUT2D eigenvalue weighted by Crippen LogP contribution is 2.32. The number of benzene rings is 2. The predicted molar refractivity (Wildman–Crippen MR) is 132 cm³/mol. The largest absolute Gasteiger partial charge is 0.497 e. The highest BCUT2D eigenvalue weighted by molar-refractivity contribution is 6.10. The second-order valence-electron chi connectivity index (χ2n) is 9.57. The van der Waals surface area contributed by atoms with Crippen LogP contribution in [-0.2, 0) is 6.42 Å². The molecule has 180 valence electrons. The van der Waals surface area contributed by atoms with E-state index in [4.69, 9.17) is 9.84 Å². The maximum atomic E-state index is 13.3. The van der Waals surface area contributed by atoms with Gasteiger partial charge in [0.15, 0.2) is 5.78 Å². The summed E-state index contributed by atoms with van der Waals surface area (Å²) in [6.45, 7) is 7.66. The molecular weight excluding hydrogens is 430 g/mol. The third kappa shape index (κ3) is 5.32. The predicted octanol–water partition coefficient (Wildman–Crippen LogP) is 2.59. The van der Waals surface area contributed by atoms with Crippen molar-refractivity contribution in [2.75, 3.05) is 46.4 Å². The number of methoxy groups -OCH3 is 1. The number of carbonyl (C=O) groups is 2. The smallest absolute Gasteiger partial charge is 0.253 e. The number of fused-ring (bicyclic) bond motifs is 1. The van der Waals surface area contributed by atoms with Crippen LogP contribution in [0.25, 0.3) is 5.70 Å². The number of carbonyl (C=O) groups excluding carboxylic acids is 2. The molecule has 0 bridgehead atoms. The monoisotopic (exact) mass is 463 g/mol. The Balaban J connectivity index is 1.55. The van der Waals surface area contributed by atoms with Gasteiger partial charge in [0, 0.05) is 66.7 Å². The van der Waals surface area contributed by atoms with Crippen LogP contribution in [0.5, 0.6) is 5.75 Å². The summed E-state index contributed by atoms with van der Waals surface area (Å²) in [4.78, 5) is 30.3. The maximum Gasteiger partial charge on any atom is 0.253 e. The van der Waals surface area contributed by atoms with Crippen molar-refractivity contribution in [1.82, 2.24) is 15.1 Å². The van der Waals surface area contributed by atoms with E-state index in [1.54, 1.807) is 37.5 Å². The minimum absolute atomic E-state index is 0.0713. The van der Waals surface area contributed by atoms with Crippen LogP contribution in [0.1, 0.15) is 45.7 Å². The zero-order valence-corrected chi connectivity index (χ0v) is 20.1. The third-order valence-electron chi connectivity index (χ3n) is 6.46. The first-order valence-corrected chi connectivity index (χ1v) is 11.7. The lowest BCUT2D eigenvalue weighted by Gasteiger charge is -2.35. The van der Waals surface area contributed by atoms with Crippen molar-refractivity contribution < 1.29 is 19.4 Å². The SMILES string of the molecule is COc1ccc2c(c1)/C(=C/C(=O)c1cccc(C(=O)N3CCN(CCO)CC3)c1)NC(C)(C)C2. The molecule has 0 unspecified atom stereocenters. The Bertz CT molecular complexity index is 1100. The van der Waals surface area contributed by atoms with Crippen LogP contribution in [0.2, 0.25) is 0 Å². The molecule has 0 atom stereocenters. The summed E-state index contributed by atoms with van der Waals surface area (Å²) in [5.74, 6) is 0.514. The van der Waals surface area contributed by atoms with Gasteiger partial charge in [-0.15, -0.1) is 0 Å². The molecule has 34 heavy (non-hydrogen) atoms. The minimum atomic E-state index is -0.191. The van der Waals surface area contributed by atoms with Crippen LogP contribution in [0.4, 0.5) is 0 Å². The van der Waals surface area contributed by atoms with Crippen LogP contribution in [0.3, 0.4) is 0 Å². The van der Waals surface area contributed by atoms with Crippen molar-refractivity contribution >= 4 is 17.4 Å².